The largest absolute Gasteiger partial charge is 0.350 e. The maximum absolute atomic E-state index is 12.3. The monoisotopic (exact) mass is 272 g/mol. The molecule has 108 valence electrons. The predicted octanol–water partition coefficient (Wildman–Crippen LogP) is 2.70. The number of carbonyl (C=O) groups excluding carboxylic acids is 1. The summed E-state index contributed by atoms with van der Waals surface area (Å²) in [4.78, 5) is 12.3. The van der Waals surface area contributed by atoms with E-state index in [2.05, 4.69) is 24.1 Å². The summed E-state index contributed by atoms with van der Waals surface area (Å²) < 4.78 is 0. The molecule has 1 rings (SSSR count). The first-order valence-corrected chi connectivity index (χ1v) is 7.27. The van der Waals surface area contributed by atoms with Crippen LogP contribution in [0.4, 0.5) is 0 Å². The standard InChI is InChI=1S/C17H24N2O/c1-3-4-5-9-14(2)19-17(20)16-12-7-6-10-15(16)11-8-13-18/h6-7,10,12,14H,3-5,9,13,18H2,1-2H3,(H,19,20). The molecule has 0 fully saturated rings. The molecule has 3 N–H and O–H groups in total. The van der Waals surface area contributed by atoms with Gasteiger partial charge in [0.25, 0.3) is 5.91 Å². The summed E-state index contributed by atoms with van der Waals surface area (Å²) in [5.41, 5.74) is 6.73. The van der Waals surface area contributed by atoms with E-state index in [0.717, 1.165) is 18.4 Å². The van der Waals surface area contributed by atoms with E-state index >= 15 is 0 Å². The molecule has 0 aliphatic heterocycles. The van der Waals surface area contributed by atoms with E-state index in [1.54, 1.807) is 6.07 Å². The summed E-state index contributed by atoms with van der Waals surface area (Å²) in [6, 6.07) is 7.56. The van der Waals surface area contributed by atoms with Crippen molar-refractivity contribution in [3.05, 3.63) is 35.4 Å². The van der Waals surface area contributed by atoms with E-state index < -0.39 is 0 Å². The van der Waals surface area contributed by atoms with Gasteiger partial charge in [-0.15, -0.1) is 0 Å². The molecule has 1 aromatic carbocycles. The van der Waals surface area contributed by atoms with E-state index in [1.807, 2.05) is 25.1 Å². The lowest BCUT2D eigenvalue weighted by molar-refractivity contribution is 0.0937. The van der Waals surface area contributed by atoms with Gasteiger partial charge in [0.1, 0.15) is 0 Å². The van der Waals surface area contributed by atoms with Crippen molar-refractivity contribution in [3.63, 3.8) is 0 Å². The Balaban J connectivity index is 2.67. The van der Waals surface area contributed by atoms with Crippen molar-refractivity contribution in [1.29, 1.82) is 0 Å². The Morgan fingerprint density at radius 3 is 2.80 bits per heavy atom. The molecule has 0 saturated heterocycles. The highest BCUT2D eigenvalue weighted by Gasteiger charge is 2.12. The van der Waals surface area contributed by atoms with Gasteiger partial charge >= 0.3 is 0 Å². The van der Waals surface area contributed by atoms with Crippen molar-refractivity contribution >= 4 is 5.91 Å². The number of nitrogens with one attached hydrogen (secondary N) is 1. The third-order valence-electron chi connectivity index (χ3n) is 3.11. The minimum atomic E-state index is -0.0593. The topological polar surface area (TPSA) is 55.1 Å². The summed E-state index contributed by atoms with van der Waals surface area (Å²) >= 11 is 0. The SMILES string of the molecule is CCCCCC(C)NC(=O)c1ccccc1C#CCN. The molecular weight excluding hydrogens is 248 g/mol. The lowest BCUT2D eigenvalue weighted by Gasteiger charge is -2.14. The quantitative estimate of drug-likeness (QED) is 0.618. The molecule has 0 saturated carbocycles. The van der Waals surface area contributed by atoms with Gasteiger partial charge in [-0.3, -0.25) is 4.79 Å². The Labute approximate surface area is 121 Å². The van der Waals surface area contributed by atoms with Crippen LogP contribution in [0.2, 0.25) is 0 Å². The van der Waals surface area contributed by atoms with Gasteiger partial charge in [-0.2, -0.15) is 0 Å². The molecule has 3 nitrogen and oxygen atoms in total. The van der Waals surface area contributed by atoms with Gasteiger partial charge in [-0.25, -0.2) is 0 Å². The highest BCUT2D eigenvalue weighted by molar-refractivity contribution is 5.96. The molecule has 1 aromatic rings. The molecular formula is C17H24N2O. The molecule has 1 atom stereocenters. The molecule has 1 unspecified atom stereocenters. The maximum Gasteiger partial charge on any atom is 0.252 e. The smallest absolute Gasteiger partial charge is 0.252 e. The molecule has 3 heteroatoms. The Bertz CT molecular complexity index is 485. The number of hydrogen-bond donors (Lipinski definition) is 2. The Morgan fingerprint density at radius 1 is 1.35 bits per heavy atom. The minimum Gasteiger partial charge on any atom is -0.350 e. The summed E-state index contributed by atoms with van der Waals surface area (Å²) in [6.07, 6.45) is 4.56. The lowest BCUT2D eigenvalue weighted by atomic mass is 10.1. The molecule has 20 heavy (non-hydrogen) atoms. The fraction of sp³-hybridized carbons (Fsp3) is 0.471. The molecule has 0 aliphatic rings. The third-order valence-corrected chi connectivity index (χ3v) is 3.11. The lowest BCUT2D eigenvalue weighted by Crippen LogP contribution is -2.32. The van der Waals surface area contributed by atoms with Crippen LogP contribution in [0, 0.1) is 11.8 Å². The minimum absolute atomic E-state index is 0.0593. The van der Waals surface area contributed by atoms with Crippen LogP contribution in [-0.4, -0.2) is 18.5 Å². The first-order chi connectivity index (χ1) is 9.69. The van der Waals surface area contributed by atoms with E-state index in [0.29, 0.717) is 12.1 Å². The first kappa shape index (κ1) is 16.3. The van der Waals surface area contributed by atoms with Gasteiger partial charge in [0.2, 0.25) is 0 Å². The number of carbonyl (C=O) groups is 1. The number of rotatable bonds is 6. The molecule has 1 amide bonds. The second-order valence-corrected chi connectivity index (χ2v) is 4.92. The van der Waals surface area contributed by atoms with E-state index in [4.69, 9.17) is 5.73 Å². The van der Waals surface area contributed by atoms with Gasteiger partial charge in [0.05, 0.1) is 12.1 Å². The van der Waals surface area contributed by atoms with Crippen LogP contribution in [0.25, 0.3) is 0 Å². The summed E-state index contributed by atoms with van der Waals surface area (Å²) in [6.45, 7) is 4.51. The van der Waals surface area contributed by atoms with Crippen LogP contribution < -0.4 is 11.1 Å². The highest BCUT2D eigenvalue weighted by Crippen LogP contribution is 2.09. The van der Waals surface area contributed by atoms with Gasteiger partial charge in [0, 0.05) is 11.6 Å². The van der Waals surface area contributed by atoms with Crippen molar-refractivity contribution in [2.75, 3.05) is 6.54 Å². The Kier molecular flexibility index (Phi) is 7.46. The van der Waals surface area contributed by atoms with E-state index in [1.165, 1.54) is 12.8 Å². The fourth-order valence-corrected chi connectivity index (χ4v) is 2.01. The van der Waals surface area contributed by atoms with Gasteiger partial charge in [0.15, 0.2) is 0 Å². The van der Waals surface area contributed by atoms with Crippen LogP contribution in [-0.2, 0) is 0 Å². The second-order valence-electron chi connectivity index (χ2n) is 4.92. The van der Waals surface area contributed by atoms with Crippen LogP contribution >= 0.6 is 0 Å². The number of benzene rings is 1. The summed E-state index contributed by atoms with van der Waals surface area (Å²) in [5, 5.41) is 3.03. The molecule has 0 aromatic heterocycles. The number of nitrogens with two attached hydrogens (primary N) is 1. The Hall–Kier alpha value is -1.79. The molecule has 0 aliphatic carbocycles. The fourth-order valence-electron chi connectivity index (χ4n) is 2.01. The second kappa shape index (κ2) is 9.17. The van der Waals surface area contributed by atoms with Crippen LogP contribution in [0.5, 0.6) is 0 Å². The van der Waals surface area contributed by atoms with Crippen molar-refractivity contribution < 1.29 is 4.79 Å². The van der Waals surface area contributed by atoms with Crippen molar-refractivity contribution in [2.45, 2.75) is 45.6 Å². The van der Waals surface area contributed by atoms with Crippen molar-refractivity contribution in [1.82, 2.24) is 5.32 Å². The maximum atomic E-state index is 12.3. The number of amides is 1. The van der Waals surface area contributed by atoms with Gasteiger partial charge < -0.3 is 11.1 Å². The normalized spacial score (nSPS) is 11.3. The molecule has 0 bridgehead atoms. The zero-order chi connectivity index (χ0) is 14.8. The summed E-state index contributed by atoms with van der Waals surface area (Å²) in [5.74, 6) is 5.68. The van der Waals surface area contributed by atoms with Crippen LogP contribution in [0.3, 0.4) is 0 Å². The Morgan fingerprint density at radius 2 is 2.10 bits per heavy atom. The van der Waals surface area contributed by atoms with E-state index in [9.17, 15) is 4.79 Å². The summed E-state index contributed by atoms with van der Waals surface area (Å²) in [7, 11) is 0. The first-order valence-electron chi connectivity index (χ1n) is 7.27. The zero-order valence-electron chi connectivity index (χ0n) is 12.4. The molecule has 0 spiro atoms. The third kappa shape index (κ3) is 5.46. The van der Waals surface area contributed by atoms with Crippen LogP contribution in [0.1, 0.15) is 55.5 Å². The number of hydrogen-bond acceptors (Lipinski definition) is 2. The number of unbranched alkanes of at least 4 members (excludes halogenated alkanes) is 2. The predicted molar refractivity (Wildman–Crippen MR) is 83.4 cm³/mol. The van der Waals surface area contributed by atoms with Crippen LogP contribution in [0.15, 0.2) is 24.3 Å². The highest BCUT2D eigenvalue weighted by atomic mass is 16.1. The average molecular weight is 272 g/mol. The van der Waals surface area contributed by atoms with Gasteiger partial charge in [-0.05, 0) is 25.5 Å². The molecule has 0 radical (unpaired) electrons. The van der Waals surface area contributed by atoms with Crippen molar-refractivity contribution in [2.24, 2.45) is 5.73 Å². The van der Waals surface area contributed by atoms with Crippen molar-refractivity contribution in [3.8, 4) is 11.8 Å². The average Bonchev–Trinajstić information content (AvgIpc) is 2.45. The van der Waals surface area contributed by atoms with Gasteiger partial charge in [-0.1, -0.05) is 50.2 Å². The van der Waals surface area contributed by atoms with E-state index in [-0.39, 0.29) is 11.9 Å². The zero-order valence-corrected chi connectivity index (χ0v) is 12.4. The molecule has 0 heterocycles.